The molecule has 0 aliphatic rings. The van der Waals surface area contributed by atoms with Crippen LogP contribution in [0.15, 0.2) is 97.3 Å². The Kier molecular flexibility index (Phi) is 8.95. The van der Waals surface area contributed by atoms with Crippen molar-refractivity contribution in [2.24, 2.45) is 14.1 Å². The molecule has 5 aromatic rings. The zero-order chi connectivity index (χ0) is 32.7. The predicted molar refractivity (Wildman–Crippen MR) is 187 cm³/mol. The van der Waals surface area contributed by atoms with Crippen molar-refractivity contribution in [3.05, 3.63) is 148 Å². The average Bonchev–Trinajstić information content (AvgIpc) is 3.39. The third-order valence-corrected chi connectivity index (χ3v) is 10.1. The second kappa shape index (κ2) is 12.4. The van der Waals surface area contributed by atoms with Gasteiger partial charge in [0.15, 0.2) is 11.4 Å². The van der Waals surface area contributed by atoms with Crippen LogP contribution in [-0.2, 0) is 31.3 Å². The SMILES string of the molecule is Cc1ccccc1C(C)(C)c1cccc(CC(C)(c2ccccc2C)c2n(-c3c(C(C)C)cccc3C(C)C)cc[n+]2C)[n+]1C. The number of rotatable bonds is 9. The van der Waals surface area contributed by atoms with Crippen LogP contribution < -0.4 is 9.13 Å². The van der Waals surface area contributed by atoms with Gasteiger partial charge >= 0.3 is 0 Å². The van der Waals surface area contributed by atoms with Gasteiger partial charge in [-0.05, 0) is 74.8 Å². The second-order valence-corrected chi connectivity index (χ2v) is 14.4. The van der Waals surface area contributed by atoms with Crippen molar-refractivity contribution in [1.29, 1.82) is 0 Å². The van der Waals surface area contributed by atoms with Crippen LogP contribution in [0.3, 0.4) is 0 Å². The molecule has 0 N–H and O–H groups in total. The molecule has 0 fully saturated rings. The minimum atomic E-state index is -0.328. The zero-order valence-electron chi connectivity index (χ0n) is 29.4. The van der Waals surface area contributed by atoms with Crippen molar-refractivity contribution in [2.45, 2.75) is 91.4 Å². The molecule has 3 aromatic carbocycles. The smallest absolute Gasteiger partial charge is 0.236 e. The van der Waals surface area contributed by atoms with Crippen molar-refractivity contribution in [1.82, 2.24) is 4.57 Å². The largest absolute Gasteiger partial charge is 0.272 e. The van der Waals surface area contributed by atoms with Gasteiger partial charge < -0.3 is 0 Å². The van der Waals surface area contributed by atoms with Gasteiger partial charge in [0.05, 0.1) is 18.9 Å². The highest BCUT2D eigenvalue weighted by molar-refractivity contribution is 5.53. The third kappa shape index (κ3) is 5.78. The maximum Gasteiger partial charge on any atom is 0.272 e. The Labute approximate surface area is 272 Å². The molecule has 1 atom stereocenters. The standard InChI is InChI=1S/C42H53N3/c1-29(2)34-21-17-22-35(30(3)4)39(34)45-27-26-43(10)40(45)42(9,37-24-15-13-19-32(37)6)28-33-20-16-25-38(44(33)11)41(7,8)36-23-14-12-18-31(36)5/h12-27,29-30H,28H2,1-11H3/q+2. The summed E-state index contributed by atoms with van der Waals surface area (Å²) in [7, 11) is 4.47. The van der Waals surface area contributed by atoms with Gasteiger partial charge in [-0.1, -0.05) is 94.4 Å². The van der Waals surface area contributed by atoms with Crippen molar-refractivity contribution >= 4 is 0 Å². The Morgan fingerprint density at radius 3 is 1.76 bits per heavy atom. The fraction of sp³-hybridized carbons (Fsp3) is 0.381. The number of para-hydroxylation sites is 1. The molecular formula is C42H53N3+2. The van der Waals surface area contributed by atoms with Crippen LogP contribution >= 0.6 is 0 Å². The van der Waals surface area contributed by atoms with Crippen LogP contribution in [-0.4, -0.2) is 4.57 Å². The van der Waals surface area contributed by atoms with Gasteiger partial charge in [0.2, 0.25) is 0 Å². The summed E-state index contributed by atoms with van der Waals surface area (Å²) in [5.74, 6) is 2.10. The molecular weight excluding hydrogens is 546 g/mol. The van der Waals surface area contributed by atoms with E-state index in [1.807, 2.05) is 0 Å². The Hall–Kier alpha value is -3.98. The molecule has 234 valence electrons. The molecule has 2 aromatic heterocycles. The lowest BCUT2D eigenvalue weighted by molar-refractivity contribution is -0.692. The molecule has 3 heteroatoms. The van der Waals surface area contributed by atoms with Gasteiger partial charge in [-0.3, -0.25) is 0 Å². The van der Waals surface area contributed by atoms with Crippen molar-refractivity contribution in [3.8, 4) is 5.69 Å². The number of hydrogen-bond donors (Lipinski definition) is 0. The first kappa shape index (κ1) is 32.4. The van der Waals surface area contributed by atoms with E-state index in [2.05, 4.69) is 187 Å². The summed E-state index contributed by atoms with van der Waals surface area (Å²) in [6, 6.07) is 31.5. The number of aryl methyl sites for hydroxylation is 3. The molecule has 2 heterocycles. The lowest BCUT2D eigenvalue weighted by Crippen LogP contribution is -2.49. The first-order valence-corrected chi connectivity index (χ1v) is 16.6. The van der Waals surface area contributed by atoms with Gasteiger partial charge in [0, 0.05) is 23.3 Å². The predicted octanol–water partition coefficient (Wildman–Crippen LogP) is 8.86. The fourth-order valence-corrected chi connectivity index (χ4v) is 7.80. The van der Waals surface area contributed by atoms with E-state index in [-0.39, 0.29) is 10.8 Å². The van der Waals surface area contributed by atoms with Crippen LogP contribution in [0.4, 0.5) is 0 Å². The molecule has 1 unspecified atom stereocenters. The van der Waals surface area contributed by atoms with Gasteiger partial charge in [-0.15, -0.1) is 0 Å². The van der Waals surface area contributed by atoms with Crippen molar-refractivity contribution in [3.63, 3.8) is 0 Å². The van der Waals surface area contributed by atoms with Crippen molar-refractivity contribution < 1.29 is 9.13 Å². The number of pyridine rings is 1. The number of hydrogen-bond acceptors (Lipinski definition) is 0. The monoisotopic (exact) mass is 599 g/mol. The van der Waals surface area contributed by atoms with Crippen LogP contribution in [0, 0.1) is 13.8 Å². The quantitative estimate of drug-likeness (QED) is 0.150. The molecule has 0 bridgehead atoms. The molecule has 0 saturated heterocycles. The topological polar surface area (TPSA) is 12.7 Å². The van der Waals surface area contributed by atoms with E-state index in [1.165, 1.54) is 56.3 Å². The van der Waals surface area contributed by atoms with Gasteiger partial charge in [0.1, 0.15) is 30.5 Å². The number of nitrogens with zero attached hydrogens (tertiary/aromatic N) is 3. The normalized spacial score (nSPS) is 13.4. The van der Waals surface area contributed by atoms with Crippen molar-refractivity contribution in [2.75, 3.05) is 0 Å². The van der Waals surface area contributed by atoms with Crippen LogP contribution in [0.2, 0.25) is 0 Å². The van der Waals surface area contributed by atoms with E-state index >= 15 is 0 Å². The van der Waals surface area contributed by atoms with Crippen LogP contribution in [0.25, 0.3) is 5.69 Å². The molecule has 0 amide bonds. The van der Waals surface area contributed by atoms with E-state index < -0.39 is 0 Å². The number of imidazole rings is 1. The third-order valence-electron chi connectivity index (χ3n) is 10.1. The molecule has 0 aliphatic carbocycles. The number of aromatic nitrogens is 3. The summed E-state index contributed by atoms with van der Waals surface area (Å²) in [4.78, 5) is 0. The summed E-state index contributed by atoms with van der Waals surface area (Å²) in [6.45, 7) is 20.9. The van der Waals surface area contributed by atoms with E-state index in [0.717, 1.165) is 6.42 Å². The molecule has 0 spiro atoms. The maximum absolute atomic E-state index is 2.51. The van der Waals surface area contributed by atoms with E-state index in [1.54, 1.807) is 0 Å². The molecule has 0 radical (unpaired) electrons. The van der Waals surface area contributed by atoms with Gasteiger partial charge in [-0.25, -0.2) is 9.13 Å². The zero-order valence-corrected chi connectivity index (χ0v) is 29.4. The first-order chi connectivity index (χ1) is 21.3. The lowest BCUT2D eigenvalue weighted by atomic mass is 9.74. The lowest BCUT2D eigenvalue weighted by Gasteiger charge is -2.30. The Balaban J connectivity index is 1.77. The Morgan fingerprint density at radius 2 is 1.20 bits per heavy atom. The summed E-state index contributed by atoms with van der Waals surface area (Å²) in [5.41, 5.74) is 11.6. The summed E-state index contributed by atoms with van der Waals surface area (Å²) in [6.07, 6.45) is 5.38. The Bertz CT molecular complexity index is 1790. The highest BCUT2D eigenvalue weighted by Crippen LogP contribution is 2.40. The maximum atomic E-state index is 2.51. The highest BCUT2D eigenvalue weighted by atomic mass is 15.2. The number of benzene rings is 3. The first-order valence-electron chi connectivity index (χ1n) is 16.6. The summed E-state index contributed by atoms with van der Waals surface area (Å²) < 4.78 is 7.32. The van der Waals surface area contributed by atoms with Gasteiger partial charge in [-0.2, -0.15) is 4.57 Å². The van der Waals surface area contributed by atoms with E-state index in [0.29, 0.717) is 11.8 Å². The Morgan fingerprint density at radius 1 is 0.667 bits per heavy atom. The average molecular weight is 600 g/mol. The highest BCUT2D eigenvalue weighted by Gasteiger charge is 2.45. The van der Waals surface area contributed by atoms with Crippen LogP contribution in [0.1, 0.15) is 111 Å². The molecule has 0 saturated carbocycles. The second-order valence-electron chi connectivity index (χ2n) is 14.4. The fourth-order valence-electron chi connectivity index (χ4n) is 7.80. The van der Waals surface area contributed by atoms with E-state index in [9.17, 15) is 0 Å². The minimum Gasteiger partial charge on any atom is -0.236 e. The minimum absolute atomic E-state index is 0.150. The van der Waals surface area contributed by atoms with Crippen LogP contribution in [0.5, 0.6) is 0 Å². The molecule has 45 heavy (non-hydrogen) atoms. The van der Waals surface area contributed by atoms with Gasteiger partial charge in [0.25, 0.3) is 5.82 Å². The van der Waals surface area contributed by atoms with E-state index in [4.69, 9.17) is 0 Å². The molecule has 5 rings (SSSR count). The molecule has 3 nitrogen and oxygen atoms in total. The summed E-state index contributed by atoms with van der Waals surface area (Å²) >= 11 is 0. The summed E-state index contributed by atoms with van der Waals surface area (Å²) in [5, 5.41) is 0. The molecule has 0 aliphatic heterocycles.